The fraction of sp³-hybridized carbons (Fsp3) is 0.259. The SMILES string of the molecule is CCN(C(=O)c1cc(NC(=O)C(=O)N(C)Cc2cccc(NC(=O)c3cc(Br)c[nH]3)c2)ccc1Cl)C(C)C. The first-order chi connectivity index (χ1) is 18.0. The number of nitrogens with one attached hydrogen (secondary N) is 3. The lowest BCUT2D eigenvalue weighted by molar-refractivity contribution is -0.142. The number of carbonyl (C=O) groups excluding carboxylic acids is 4. The Hall–Kier alpha value is -3.63. The van der Waals surface area contributed by atoms with Gasteiger partial charge in [0, 0.05) is 48.2 Å². The van der Waals surface area contributed by atoms with E-state index in [1.165, 1.54) is 30.1 Å². The predicted octanol–water partition coefficient (Wildman–Crippen LogP) is 5.15. The third-order valence-corrected chi connectivity index (χ3v) is 6.50. The van der Waals surface area contributed by atoms with Gasteiger partial charge in [-0.05, 0) is 78.7 Å². The molecular formula is C27H29BrClN5O4. The highest BCUT2D eigenvalue weighted by Crippen LogP contribution is 2.23. The number of hydrogen-bond acceptors (Lipinski definition) is 4. The van der Waals surface area contributed by atoms with Crippen LogP contribution < -0.4 is 10.6 Å². The van der Waals surface area contributed by atoms with Crippen LogP contribution in [0, 0.1) is 0 Å². The minimum atomic E-state index is -0.855. The fourth-order valence-corrected chi connectivity index (χ4v) is 4.36. The van der Waals surface area contributed by atoms with E-state index < -0.39 is 11.8 Å². The number of nitrogens with zero attached hydrogens (tertiary/aromatic N) is 2. The molecule has 1 heterocycles. The number of aromatic nitrogens is 1. The summed E-state index contributed by atoms with van der Waals surface area (Å²) in [6.45, 7) is 6.31. The summed E-state index contributed by atoms with van der Waals surface area (Å²) in [6.07, 6.45) is 1.66. The maximum Gasteiger partial charge on any atom is 0.313 e. The molecule has 0 aliphatic heterocycles. The van der Waals surface area contributed by atoms with Crippen molar-refractivity contribution >= 4 is 62.5 Å². The second-order valence-electron chi connectivity index (χ2n) is 8.88. The van der Waals surface area contributed by atoms with Crippen molar-refractivity contribution in [1.29, 1.82) is 0 Å². The second kappa shape index (κ2) is 12.7. The molecule has 11 heteroatoms. The number of rotatable bonds is 8. The van der Waals surface area contributed by atoms with Crippen LogP contribution in [0.1, 0.15) is 47.2 Å². The van der Waals surface area contributed by atoms with Crippen LogP contribution in [0.25, 0.3) is 0 Å². The van der Waals surface area contributed by atoms with Crippen molar-refractivity contribution in [2.45, 2.75) is 33.4 Å². The van der Waals surface area contributed by atoms with Gasteiger partial charge in [-0.25, -0.2) is 0 Å². The molecular weight excluding hydrogens is 574 g/mol. The van der Waals surface area contributed by atoms with Crippen LogP contribution in [0.2, 0.25) is 5.02 Å². The molecule has 0 fully saturated rings. The topological polar surface area (TPSA) is 115 Å². The van der Waals surface area contributed by atoms with Crippen molar-refractivity contribution in [3.05, 3.63) is 81.0 Å². The van der Waals surface area contributed by atoms with Crippen molar-refractivity contribution in [1.82, 2.24) is 14.8 Å². The zero-order chi connectivity index (χ0) is 28.0. The molecule has 0 saturated heterocycles. The lowest BCUT2D eigenvalue weighted by Gasteiger charge is -2.25. The van der Waals surface area contributed by atoms with Gasteiger partial charge in [-0.15, -0.1) is 0 Å². The van der Waals surface area contributed by atoms with Crippen LogP contribution in [0.3, 0.4) is 0 Å². The number of benzene rings is 2. The molecule has 0 radical (unpaired) electrons. The van der Waals surface area contributed by atoms with Gasteiger partial charge in [0.25, 0.3) is 11.8 Å². The summed E-state index contributed by atoms with van der Waals surface area (Å²) in [4.78, 5) is 56.5. The molecule has 0 spiro atoms. The summed E-state index contributed by atoms with van der Waals surface area (Å²) >= 11 is 9.54. The van der Waals surface area contributed by atoms with Crippen LogP contribution in [0.5, 0.6) is 0 Å². The highest BCUT2D eigenvalue weighted by Gasteiger charge is 2.23. The number of hydrogen-bond donors (Lipinski definition) is 3. The number of aromatic amines is 1. The summed E-state index contributed by atoms with van der Waals surface area (Å²) in [7, 11) is 1.50. The normalized spacial score (nSPS) is 10.7. The first-order valence-electron chi connectivity index (χ1n) is 11.9. The van der Waals surface area contributed by atoms with E-state index >= 15 is 0 Å². The van der Waals surface area contributed by atoms with Gasteiger partial charge in [-0.2, -0.15) is 0 Å². The molecule has 3 N–H and O–H groups in total. The predicted molar refractivity (Wildman–Crippen MR) is 151 cm³/mol. The number of amides is 4. The number of likely N-dealkylation sites (N-methyl/N-ethyl adjacent to an activating group) is 1. The molecule has 3 rings (SSSR count). The second-order valence-corrected chi connectivity index (χ2v) is 10.2. The molecule has 2 aromatic carbocycles. The first kappa shape index (κ1) is 28.9. The van der Waals surface area contributed by atoms with E-state index in [2.05, 4.69) is 31.5 Å². The minimum absolute atomic E-state index is 0.0282. The molecule has 0 aliphatic rings. The van der Waals surface area contributed by atoms with Crippen molar-refractivity contribution in [3.63, 3.8) is 0 Å². The van der Waals surface area contributed by atoms with Crippen LogP contribution in [0.15, 0.2) is 59.2 Å². The number of carbonyl (C=O) groups is 4. The third kappa shape index (κ3) is 7.23. The summed E-state index contributed by atoms with van der Waals surface area (Å²) in [5, 5.41) is 5.60. The van der Waals surface area contributed by atoms with Crippen molar-refractivity contribution in [2.75, 3.05) is 24.2 Å². The largest absolute Gasteiger partial charge is 0.356 e. The minimum Gasteiger partial charge on any atom is -0.356 e. The smallest absolute Gasteiger partial charge is 0.313 e. The Morgan fingerprint density at radius 1 is 1.03 bits per heavy atom. The molecule has 0 unspecified atom stereocenters. The van der Waals surface area contributed by atoms with Crippen LogP contribution in [-0.4, -0.2) is 58.0 Å². The number of H-pyrrole nitrogens is 1. The third-order valence-electron chi connectivity index (χ3n) is 5.72. The first-order valence-corrected chi connectivity index (χ1v) is 13.1. The van der Waals surface area contributed by atoms with Gasteiger partial charge in [0.1, 0.15) is 5.69 Å². The Morgan fingerprint density at radius 3 is 2.37 bits per heavy atom. The molecule has 200 valence electrons. The van der Waals surface area contributed by atoms with Crippen LogP contribution in [0.4, 0.5) is 11.4 Å². The van der Waals surface area contributed by atoms with Gasteiger partial charge in [-0.1, -0.05) is 23.7 Å². The molecule has 0 saturated carbocycles. The van der Waals surface area contributed by atoms with E-state index in [1.54, 1.807) is 41.4 Å². The quantitative estimate of drug-likeness (QED) is 0.309. The van der Waals surface area contributed by atoms with Gasteiger partial charge in [0.05, 0.1) is 10.6 Å². The lowest BCUT2D eigenvalue weighted by Crippen LogP contribution is -2.37. The molecule has 4 amide bonds. The Morgan fingerprint density at radius 2 is 1.74 bits per heavy atom. The molecule has 0 atom stereocenters. The van der Waals surface area contributed by atoms with E-state index in [1.807, 2.05) is 20.8 Å². The average Bonchev–Trinajstić information content (AvgIpc) is 3.31. The molecule has 38 heavy (non-hydrogen) atoms. The fourth-order valence-electron chi connectivity index (χ4n) is 3.81. The number of halogens is 2. The maximum atomic E-state index is 12.9. The van der Waals surface area contributed by atoms with Crippen molar-refractivity contribution in [3.8, 4) is 0 Å². The average molecular weight is 603 g/mol. The zero-order valence-electron chi connectivity index (χ0n) is 21.5. The summed E-state index contributed by atoms with van der Waals surface area (Å²) < 4.78 is 0.759. The summed E-state index contributed by atoms with van der Waals surface area (Å²) in [6, 6.07) is 13.1. The monoisotopic (exact) mass is 601 g/mol. The Kier molecular flexibility index (Phi) is 9.71. The molecule has 0 aliphatic carbocycles. The summed E-state index contributed by atoms with van der Waals surface area (Å²) in [5.41, 5.74) is 2.18. The van der Waals surface area contributed by atoms with Gasteiger partial charge in [0.2, 0.25) is 0 Å². The highest BCUT2D eigenvalue weighted by molar-refractivity contribution is 9.10. The van der Waals surface area contributed by atoms with Crippen molar-refractivity contribution in [2.24, 2.45) is 0 Å². The number of anilines is 2. The van der Waals surface area contributed by atoms with E-state index in [9.17, 15) is 19.2 Å². The molecule has 9 nitrogen and oxygen atoms in total. The Labute approximate surface area is 234 Å². The Balaban J connectivity index is 1.65. The van der Waals surface area contributed by atoms with Gasteiger partial charge in [0.15, 0.2) is 0 Å². The maximum absolute atomic E-state index is 12.9. The lowest BCUT2D eigenvalue weighted by atomic mass is 10.1. The van der Waals surface area contributed by atoms with Gasteiger partial charge < -0.3 is 25.4 Å². The van der Waals surface area contributed by atoms with Crippen LogP contribution >= 0.6 is 27.5 Å². The standard InChI is InChI=1S/C27H29BrClN5O4/c1-5-34(16(2)3)26(37)21-13-20(9-10-22(21)29)32-25(36)27(38)33(4)15-17-7-6-8-19(11-17)31-24(35)23-12-18(28)14-30-23/h6-14,16,30H,5,15H2,1-4H3,(H,31,35)(H,32,36). The van der Waals surface area contributed by atoms with Crippen molar-refractivity contribution < 1.29 is 19.2 Å². The van der Waals surface area contributed by atoms with Gasteiger partial charge in [-0.3, -0.25) is 19.2 Å². The van der Waals surface area contributed by atoms with E-state index in [0.717, 1.165) is 4.47 Å². The molecule has 0 bridgehead atoms. The summed E-state index contributed by atoms with van der Waals surface area (Å²) in [5.74, 6) is -2.20. The molecule has 1 aromatic heterocycles. The van der Waals surface area contributed by atoms with Crippen LogP contribution in [-0.2, 0) is 16.1 Å². The van der Waals surface area contributed by atoms with E-state index in [-0.39, 0.29) is 40.7 Å². The van der Waals surface area contributed by atoms with Gasteiger partial charge >= 0.3 is 11.8 Å². The Bertz CT molecular complexity index is 1360. The highest BCUT2D eigenvalue weighted by atomic mass is 79.9. The molecule has 3 aromatic rings. The van der Waals surface area contributed by atoms with E-state index in [4.69, 9.17) is 11.6 Å². The zero-order valence-corrected chi connectivity index (χ0v) is 23.8. The van der Waals surface area contributed by atoms with E-state index in [0.29, 0.717) is 23.5 Å².